The first kappa shape index (κ1) is 16.4. The summed E-state index contributed by atoms with van der Waals surface area (Å²) in [6.45, 7) is 9.18. The number of carbonyl (C=O) groups excluding carboxylic acids is 1. The number of nitrogens with one attached hydrogen (secondary N) is 1. The summed E-state index contributed by atoms with van der Waals surface area (Å²) >= 11 is 0. The highest BCUT2D eigenvalue weighted by Gasteiger charge is 2.12. The van der Waals surface area contributed by atoms with Crippen LogP contribution in [0.3, 0.4) is 0 Å². The van der Waals surface area contributed by atoms with Crippen molar-refractivity contribution in [2.24, 2.45) is 0 Å². The van der Waals surface area contributed by atoms with Crippen molar-refractivity contribution < 1.29 is 9.90 Å². The highest BCUT2D eigenvalue weighted by Crippen LogP contribution is 2.23. The molecule has 1 aromatic rings. The van der Waals surface area contributed by atoms with E-state index in [-0.39, 0.29) is 19.1 Å². The molecule has 0 fully saturated rings. The Labute approximate surface area is 121 Å². The Balaban J connectivity index is 2.68. The Morgan fingerprint density at radius 1 is 1.45 bits per heavy atom. The second-order valence-corrected chi connectivity index (χ2v) is 5.04. The van der Waals surface area contributed by atoms with Crippen LogP contribution >= 0.6 is 0 Å². The van der Waals surface area contributed by atoms with Crippen molar-refractivity contribution in [3.05, 3.63) is 42.5 Å². The fourth-order valence-corrected chi connectivity index (χ4v) is 2.07. The van der Waals surface area contributed by atoms with Crippen LogP contribution in [-0.2, 0) is 4.79 Å². The van der Waals surface area contributed by atoms with Crippen molar-refractivity contribution in [1.29, 1.82) is 0 Å². The van der Waals surface area contributed by atoms with Gasteiger partial charge in [-0.15, -0.1) is 6.58 Å². The van der Waals surface area contributed by atoms with Gasteiger partial charge in [-0.25, -0.2) is 0 Å². The second-order valence-electron chi connectivity index (χ2n) is 5.04. The molecule has 1 amide bonds. The van der Waals surface area contributed by atoms with Crippen LogP contribution in [0.4, 0.5) is 5.69 Å². The standard InChI is InChI=1S/C16H24N2O2/c1-4-9-18(10-11-19)12-16(20)17-15-8-6-5-7-14(15)13(2)3/h4-8,13,19H,1,9-12H2,2-3H3,(H,17,20). The first-order chi connectivity index (χ1) is 9.58. The summed E-state index contributed by atoms with van der Waals surface area (Å²) in [5.74, 6) is 0.279. The van der Waals surface area contributed by atoms with Gasteiger partial charge in [0.05, 0.1) is 13.2 Å². The molecule has 1 rings (SSSR count). The van der Waals surface area contributed by atoms with Gasteiger partial charge in [0.15, 0.2) is 0 Å². The van der Waals surface area contributed by atoms with E-state index >= 15 is 0 Å². The quantitative estimate of drug-likeness (QED) is 0.716. The lowest BCUT2D eigenvalue weighted by molar-refractivity contribution is -0.117. The van der Waals surface area contributed by atoms with Crippen molar-refractivity contribution in [3.8, 4) is 0 Å². The van der Waals surface area contributed by atoms with Crippen molar-refractivity contribution in [2.75, 3.05) is 31.6 Å². The molecule has 2 N–H and O–H groups in total. The normalized spacial score (nSPS) is 10.8. The van der Waals surface area contributed by atoms with Crippen molar-refractivity contribution in [3.63, 3.8) is 0 Å². The van der Waals surface area contributed by atoms with Crippen molar-refractivity contribution >= 4 is 11.6 Å². The molecule has 4 heteroatoms. The molecule has 0 heterocycles. The molecule has 0 aromatic heterocycles. The lowest BCUT2D eigenvalue weighted by atomic mass is 10.0. The zero-order valence-corrected chi connectivity index (χ0v) is 12.3. The number of carbonyl (C=O) groups is 1. The number of rotatable bonds is 8. The third kappa shape index (κ3) is 5.15. The molecule has 0 atom stereocenters. The van der Waals surface area contributed by atoms with Gasteiger partial charge in [-0.1, -0.05) is 38.1 Å². The largest absolute Gasteiger partial charge is 0.395 e. The first-order valence-corrected chi connectivity index (χ1v) is 6.91. The van der Waals surface area contributed by atoms with Crippen LogP contribution in [0.5, 0.6) is 0 Å². The number of hydrogen-bond acceptors (Lipinski definition) is 3. The number of nitrogens with zero attached hydrogens (tertiary/aromatic N) is 1. The van der Waals surface area contributed by atoms with Crippen LogP contribution in [0.1, 0.15) is 25.3 Å². The van der Waals surface area contributed by atoms with E-state index in [1.807, 2.05) is 29.2 Å². The summed E-state index contributed by atoms with van der Waals surface area (Å²) in [5.41, 5.74) is 1.98. The van der Waals surface area contributed by atoms with Crippen LogP contribution in [0.25, 0.3) is 0 Å². The maximum Gasteiger partial charge on any atom is 0.238 e. The lowest BCUT2D eigenvalue weighted by Gasteiger charge is -2.20. The number of aliphatic hydroxyl groups excluding tert-OH is 1. The number of hydrogen-bond donors (Lipinski definition) is 2. The predicted molar refractivity (Wildman–Crippen MR) is 82.9 cm³/mol. The molecule has 110 valence electrons. The smallest absolute Gasteiger partial charge is 0.238 e. The van der Waals surface area contributed by atoms with E-state index in [4.69, 9.17) is 5.11 Å². The molecule has 0 saturated carbocycles. The van der Waals surface area contributed by atoms with Gasteiger partial charge in [0.1, 0.15) is 0 Å². The van der Waals surface area contributed by atoms with Crippen LogP contribution in [0, 0.1) is 0 Å². The van der Waals surface area contributed by atoms with Gasteiger partial charge >= 0.3 is 0 Å². The van der Waals surface area contributed by atoms with Crippen LogP contribution in [0.15, 0.2) is 36.9 Å². The molecular formula is C16H24N2O2. The predicted octanol–water partition coefficient (Wildman–Crippen LogP) is 2.23. The third-order valence-corrected chi connectivity index (χ3v) is 3.03. The second kappa shape index (κ2) is 8.51. The van der Waals surface area contributed by atoms with Crippen LogP contribution in [-0.4, -0.2) is 42.2 Å². The molecule has 0 bridgehead atoms. The maximum atomic E-state index is 12.1. The Morgan fingerprint density at radius 2 is 2.15 bits per heavy atom. The molecule has 1 aromatic carbocycles. The van der Waals surface area contributed by atoms with Gasteiger partial charge < -0.3 is 10.4 Å². The van der Waals surface area contributed by atoms with Crippen LogP contribution < -0.4 is 5.32 Å². The molecule has 0 spiro atoms. The van der Waals surface area contributed by atoms with E-state index in [0.717, 1.165) is 11.3 Å². The highest BCUT2D eigenvalue weighted by atomic mass is 16.3. The molecule has 0 unspecified atom stereocenters. The minimum atomic E-state index is -0.0756. The molecule has 0 aliphatic carbocycles. The van der Waals surface area contributed by atoms with Gasteiger partial charge in [-0.2, -0.15) is 0 Å². The zero-order chi connectivity index (χ0) is 15.0. The Hall–Kier alpha value is -1.65. The number of anilines is 1. The van der Waals surface area contributed by atoms with E-state index in [9.17, 15) is 4.79 Å². The first-order valence-electron chi connectivity index (χ1n) is 6.91. The Kier molecular flexibility index (Phi) is 6.98. The summed E-state index contributed by atoms with van der Waals surface area (Å²) < 4.78 is 0. The Morgan fingerprint density at radius 3 is 2.75 bits per heavy atom. The molecule has 4 nitrogen and oxygen atoms in total. The maximum absolute atomic E-state index is 12.1. The van der Waals surface area contributed by atoms with Crippen LogP contribution in [0.2, 0.25) is 0 Å². The van der Waals surface area contributed by atoms with Gasteiger partial charge in [-0.3, -0.25) is 9.69 Å². The summed E-state index contributed by atoms with van der Waals surface area (Å²) in [5, 5.41) is 11.9. The fourth-order valence-electron chi connectivity index (χ4n) is 2.07. The molecular weight excluding hydrogens is 252 g/mol. The summed E-state index contributed by atoms with van der Waals surface area (Å²) in [4.78, 5) is 13.9. The zero-order valence-electron chi connectivity index (χ0n) is 12.3. The van der Waals surface area contributed by atoms with Crippen molar-refractivity contribution in [2.45, 2.75) is 19.8 Å². The minimum absolute atomic E-state index is 0.0314. The molecule has 0 aliphatic heterocycles. The van der Waals surface area contributed by atoms with Gasteiger partial charge in [0.2, 0.25) is 5.91 Å². The minimum Gasteiger partial charge on any atom is -0.395 e. The van der Waals surface area contributed by atoms with E-state index < -0.39 is 0 Å². The molecule has 0 radical (unpaired) electrons. The van der Waals surface area contributed by atoms with E-state index in [1.165, 1.54) is 0 Å². The third-order valence-electron chi connectivity index (χ3n) is 3.03. The number of amides is 1. The average molecular weight is 276 g/mol. The lowest BCUT2D eigenvalue weighted by Crippen LogP contribution is -2.35. The van der Waals surface area contributed by atoms with E-state index in [2.05, 4.69) is 25.7 Å². The molecule has 0 aliphatic rings. The van der Waals surface area contributed by atoms with E-state index in [0.29, 0.717) is 19.0 Å². The summed E-state index contributed by atoms with van der Waals surface area (Å²) in [6, 6.07) is 7.82. The van der Waals surface area contributed by atoms with Gasteiger partial charge in [0.25, 0.3) is 0 Å². The van der Waals surface area contributed by atoms with Crippen molar-refractivity contribution in [1.82, 2.24) is 4.90 Å². The van der Waals surface area contributed by atoms with E-state index in [1.54, 1.807) is 6.08 Å². The number of benzene rings is 1. The summed E-state index contributed by atoms with van der Waals surface area (Å²) in [6.07, 6.45) is 1.73. The highest BCUT2D eigenvalue weighted by molar-refractivity contribution is 5.93. The van der Waals surface area contributed by atoms with Gasteiger partial charge in [0, 0.05) is 18.8 Å². The average Bonchev–Trinajstić information content (AvgIpc) is 2.39. The number of para-hydroxylation sites is 1. The molecule has 20 heavy (non-hydrogen) atoms. The SMILES string of the molecule is C=CCN(CCO)CC(=O)Nc1ccccc1C(C)C. The topological polar surface area (TPSA) is 52.6 Å². The molecule has 0 saturated heterocycles. The summed E-state index contributed by atoms with van der Waals surface area (Å²) in [7, 11) is 0. The monoisotopic (exact) mass is 276 g/mol. The fraction of sp³-hybridized carbons (Fsp3) is 0.438. The van der Waals surface area contributed by atoms with Gasteiger partial charge in [-0.05, 0) is 17.5 Å². The number of aliphatic hydroxyl groups is 1. The Bertz CT molecular complexity index is 444.